The van der Waals surface area contributed by atoms with Crippen LogP contribution in [0, 0.1) is 5.82 Å². The number of imidazole rings is 1. The summed E-state index contributed by atoms with van der Waals surface area (Å²) < 4.78 is 27.6. The molecule has 5 rings (SSSR count). The first kappa shape index (κ1) is 21.9. The number of hydrogen-bond acceptors (Lipinski definition) is 4. The van der Waals surface area contributed by atoms with Crippen molar-refractivity contribution in [1.29, 1.82) is 0 Å². The average molecular weight is 460 g/mol. The molecule has 7 heteroatoms. The second kappa shape index (κ2) is 9.95. The summed E-state index contributed by atoms with van der Waals surface area (Å²) in [6, 6.07) is 23.7. The van der Waals surface area contributed by atoms with Crippen molar-refractivity contribution in [1.82, 2.24) is 14.5 Å². The number of aromatic nitrogens is 2. The minimum absolute atomic E-state index is 0.0208. The van der Waals surface area contributed by atoms with Crippen molar-refractivity contribution in [2.24, 2.45) is 0 Å². The van der Waals surface area contributed by atoms with Crippen LogP contribution >= 0.6 is 0 Å². The van der Waals surface area contributed by atoms with Crippen LogP contribution in [0.4, 0.5) is 4.39 Å². The van der Waals surface area contributed by atoms with Gasteiger partial charge in [0.05, 0.1) is 11.0 Å². The molecule has 0 radical (unpaired) electrons. The van der Waals surface area contributed by atoms with Gasteiger partial charge in [-0.3, -0.25) is 4.79 Å². The summed E-state index contributed by atoms with van der Waals surface area (Å²) in [5, 5.41) is 0. The molecule has 1 amide bonds. The first-order valence-corrected chi connectivity index (χ1v) is 11.5. The lowest BCUT2D eigenvalue weighted by molar-refractivity contribution is -0.134. The lowest BCUT2D eigenvalue weighted by Gasteiger charge is -2.33. The van der Waals surface area contributed by atoms with E-state index in [1.807, 2.05) is 65.6 Å². The lowest BCUT2D eigenvalue weighted by Crippen LogP contribution is -2.41. The number of rotatable bonds is 7. The molecule has 1 aromatic heterocycles. The Bertz CT molecular complexity index is 1250. The van der Waals surface area contributed by atoms with Crippen molar-refractivity contribution >= 4 is 16.9 Å². The van der Waals surface area contributed by atoms with E-state index in [4.69, 9.17) is 9.47 Å². The highest BCUT2D eigenvalue weighted by Crippen LogP contribution is 2.30. The normalized spacial score (nSPS) is 14.3. The molecule has 174 valence electrons. The summed E-state index contributed by atoms with van der Waals surface area (Å²) in [4.78, 5) is 19.2. The van der Waals surface area contributed by atoms with Gasteiger partial charge in [0.15, 0.2) is 6.61 Å². The van der Waals surface area contributed by atoms with Gasteiger partial charge in [-0.05, 0) is 49.2 Å². The van der Waals surface area contributed by atoms with Gasteiger partial charge >= 0.3 is 0 Å². The molecule has 2 heterocycles. The SMILES string of the molecule is O=C(COc1ccccc1)N1CCC(n2c(COc3ccccc3)nc3cc(F)ccc32)CC1. The Labute approximate surface area is 197 Å². The molecule has 34 heavy (non-hydrogen) atoms. The van der Waals surface area contributed by atoms with Gasteiger partial charge in [0.2, 0.25) is 0 Å². The molecule has 0 atom stereocenters. The maximum absolute atomic E-state index is 13.9. The van der Waals surface area contributed by atoms with Gasteiger partial charge in [-0.2, -0.15) is 0 Å². The van der Waals surface area contributed by atoms with E-state index in [0.29, 0.717) is 24.4 Å². The number of fused-ring (bicyclic) bond motifs is 1. The standard InChI is InChI=1S/C27H26FN3O3/c28-20-11-12-25-24(17-20)29-26(18-33-22-7-3-1-4-8-22)31(25)21-13-15-30(16-14-21)27(32)19-34-23-9-5-2-6-10-23/h1-12,17,21H,13-16,18-19H2. The molecular formula is C27H26FN3O3. The molecule has 0 unspecified atom stereocenters. The van der Waals surface area contributed by atoms with Gasteiger partial charge in [-0.25, -0.2) is 9.37 Å². The van der Waals surface area contributed by atoms with E-state index >= 15 is 0 Å². The Kier molecular flexibility index (Phi) is 6.42. The molecule has 0 aliphatic carbocycles. The minimum atomic E-state index is -0.313. The zero-order valence-corrected chi connectivity index (χ0v) is 18.8. The molecule has 0 saturated carbocycles. The van der Waals surface area contributed by atoms with Crippen molar-refractivity contribution in [2.75, 3.05) is 19.7 Å². The number of amides is 1. The molecule has 1 saturated heterocycles. The van der Waals surface area contributed by atoms with Crippen molar-refractivity contribution in [2.45, 2.75) is 25.5 Å². The number of ether oxygens (including phenoxy) is 2. The Morgan fingerprint density at radius 2 is 1.56 bits per heavy atom. The Balaban J connectivity index is 1.28. The van der Waals surface area contributed by atoms with E-state index in [1.165, 1.54) is 12.1 Å². The van der Waals surface area contributed by atoms with Crippen molar-refractivity contribution < 1.29 is 18.7 Å². The van der Waals surface area contributed by atoms with Gasteiger partial charge in [0, 0.05) is 25.2 Å². The van der Waals surface area contributed by atoms with Crippen LogP contribution in [-0.4, -0.2) is 40.1 Å². The molecule has 1 aliphatic heterocycles. The number of piperidine rings is 1. The number of benzene rings is 3. The first-order chi connectivity index (χ1) is 16.7. The number of nitrogens with zero attached hydrogens (tertiary/aromatic N) is 3. The maximum Gasteiger partial charge on any atom is 0.260 e. The van der Waals surface area contributed by atoms with Crippen molar-refractivity contribution in [3.63, 3.8) is 0 Å². The molecule has 4 aromatic rings. The Morgan fingerprint density at radius 1 is 0.912 bits per heavy atom. The number of para-hydroxylation sites is 2. The number of likely N-dealkylation sites (tertiary alicyclic amines) is 1. The van der Waals surface area contributed by atoms with Gasteiger partial charge in [-0.15, -0.1) is 0 Å². The number of halogens is 1. The van der Waals surface area contributed by atoms with Crippen LogP contribution in [0.5, 0.6) is 11.5 Å². The Hall–Kier alpha value is -3.87. The monoisotopic (exact) mass is 459 g/mol. The van der Waals surface area contributed by atoms with E-state index in [1.54, 1.807) is 6.07 Å². The third-order valence-electron chi connectivity index (χ3n) is 6.12. The second-order valence-corrected chi connectivity index (χ2v) is 8.35. The fourth-order valence-electron chi connectivity index (χ4n) is 4.42. The fraction of sp³-hybridized carbons (Fsp3) is 0.259. The lowest BCUT2D eigenvalue weighted by atomic mass is 10.0. The molecule has 3 aromatic carbocycles. The third-order valence-corrected chi connectivity index (χ3v) is 6.12. The van der Waals surface area contributed by atoms with Crippen LogP contribution in [0.25, 0.3) is 11.0 Å². The van der Waals surface area contributed by atoms with Crippen LogP contribution in [0.1, 0.15) is 24.7 Å². The van der Waals surface area contributed by atoms with Crippen molar-refractivity contribution in [3.8, 4) is 11.5 Å². The van der Waals surface area contributed by atoms with Gasteiger partial charge in [0.1, 0.15) is 29.7 Å². The molecule has 6 nitrogen and oxygen atoms in total. The minimum Gasteiger partial charge on any atom is -0.486 e. The predicted molar refractivity (Wildman–Crippen MR) is 127 cm³/mol. The average Bonchev–Trinajstić information content (AvgIpc) is 3.24. The number of carbonyl (C=O) groups is 1. The van der Waals surface area contributed by atoms with Crippen LogP contribution < -0.4 is 9.47 Å². The highest BCUT2D eigenvalue weighted by Gasteiger charge is 2.27. The highest BCUT2D eigenvalue weighted by molar-refractivity contribution is 5.78. The molecule has 0 N–H and O–H groups in total. The largest absolute Gasteiger partial charge is 0.486 e. The fourth-order valence-corrected chi connectivity index (χ4v) is 4.42. The molecule has 0 spiro atoms. The summed E-state index contributed by atoms with van der Waals surface area (Å²) in [6.45, 7) is 1.56. The predicted octanol–water partition coefficient (Wildman–Crippen LogP) is 5.00. The van der Waals surface area contributed by atoms with Crippen molar-refractivity contribution in [3.05, 3.63) is 90.5 Å². The van der Waals surface area contributed by atoms with E-state index in [-0.39, 0.29) is 31.0 Å². The van der Waals surface area contributed by atoms with E-state index in [0.717, 1.165) is 29.9 Å². The van der Waals surface area contributed by atoms with E-state index in [2.05, 4.69) is 9.55 Å². The molecule has 1 aliphatic rings. The first-order valence-electron chi connectivity index (χ1n) is 11.5. The third kappa shape index (κ3) is 4.88. The quantitative estimate of drug-likeness (QED) is 0.390. The summed E-state index contributed by atoms with van der Waals surface area (Å²) in [6.07, 6.45) is 1.55. The van der Waals surface area contributed by atoms with E-state index < -0.39 is 0 Å². The summed E-state index contributed by atoms with van der Waals surface area (Å²) in [5.41, 5.74) is 1.49. The zero-order chi connectivity index (χ0) is 23.3. The van der Waals surface area contributed by atoms with Crippen LogP contribution in [0.15, 0.2) is 78.9 Å². The van der Waals surface area contributed by atoms with E-state index in [9.17, 15) is 9.18 Å². The second-order valence-electron chi connectivity index (χ2n) is 8.35. The molecular weight excluding hydrogens is 433 g/mol. The van der Waals surface area contributed by atoms with Gasteiger partial charge < -0.3 is 18.9 Å². The Morgan fingerprint density at radius 3 is 2.24 bits per heavy atom. The van der Waals surface area contributed by atoms with Gasteiger partial charge in [-0.1, -0.05) is 36.4 Å². The highest BCUT2D eigenvalue weighted by atomic mass is 19.1. The van der Waals surface area contributed by atoms with Crippen LogP contribution in [0.3, 0.4) is 0 Å². The molecule has 1 fully saturated rings. The number of carbonyl (C=O) groups excluding carboxylic acids is 1. The van der Waals surface area contributed by atoms with Crippen LogP contribution in [-0.2, 0) is 11.4 Å². The summed E-state index contributed by atoms with van der Waals surface area (Å²) >= 11 is 0. The van der Waals surface area contributed by atoms with Crippen LogP contribution in [0.2, 0.25) is 0 Å². The maximum atomic E-state index is 13.9. The smallest absolute Gasteiger partial charge is 0.260 e. The zero-order valence-electron chi connectivity index (χ0n) is 18.8. The topological polar surface area (TPSA) is 56.6 Å². The summed E-state index contributed by atoms with van der Waals surface area (Å²) in [5.74, 6) is 1.86. The summed E-state index contributed by atoms with van der Waals surface area (Å²) in [7, 11) is 0. The molecule has 0 bridgehead atoms. The van der Waals surface area contributed by atoms with Gasteiger partial charge in [0.25, 0.3) is 5.91 Å². The number of hydrogen-bond donors (Lipinski definition) is 0.